The zero-order valence-corrected chi connectivity index (χ0v) is 19.1. The number of amides is 1. The third kappa shape index (κ3) is 6.08. The van der Waals surface area contributed by atoms with Crippen molar-refractivity contribution < 1.29 is 18.2 Å². The lowest BCUT2D eigenvalue weighted by Crippen LogP contribution is -2.57. The zero-order chi connectivity index (χ0) is 24.8. The SMILES string of the molecule is N/N=C\N(N)c1ccc(CC(=O)N2CCN(CCC3=Cc4nonc4C=CC3)C(C(F)F)C2)cc1. The van der Waals surface area contributed by atoms with Crippen molar-refractivity contribution in [2.24, 2.45) is 16.8 Å². The first-order valence-electron chi connectivity index (χ1n) is 11.3. The Hall–Kier alpha value is -3.64. The fourth-order valence-corrected chi connectivity index (χ4v) is 4.26. The number of anilines is 1. The minimum absolute atomic E-state index is 0.00553. The molecule has 10 nitrogen and oxygen atoms in total. The van der Waals surface area contributed by atoms with Crippen molar-refractivity contribution in [2.75, 3.05) is 31.2 Å². The van der Waals surface area contributed by atoms with E-state index in [1.807, 2.05) is 18.2 Å². The number of carbonyl (C=O) groups is 1. The highest BCUT2D eigenvalue weighted by Crippen LogP contribution is 2.23. The third-order valence-electron chi connectivity index (χ3n) is 6.22. The average Bonchev–Trinajstić information content (AvgIpc) is 3.20. The van der Waals surface area contributed by atoms with Gasteiger partial charge in [0.05, 0.1) is 18.2 Å². The topological polar surface area (TPSA) is 130 Å². The Kier molecular flexibility index (Phi) is 7.83. The van der Waals surface area contributed by atoms with Gasteiger partial charge in [0.15, 0.2) is 0 Å². The lowest BCUT2D eigenvalue weighted by atomic mass is 10.1. The summed E-state index contributed by atoms with van der Waals surface area (Å²) in [6.45, 7) is 1.26. The van der Waals surface area contributed by atoms with Gasteiger partial charge in [0, 0.05) is 26.2 Å². The van der Waals surface area contributed by atoms with Crippen LogP contribution >= 0.6 is 0 Å². The number of hydrazone groups is 1. The molecule has 0 bridgehead atoms. The molecular formula is C23H28F2N8O2. The first-order chi connectivity index (χ1) is 16.9. The van der Waals surface area contributed by atoms with Crippen molar-refractivity contribution in [2.45, 2.75) is 31.7 Å². The molecule has 1 aliphatic carbocycles. The molecule has 1 aliphatic heterocycles. The number of rotatable bonds is 8. The molecule has 1 aromatic heterocycles. The Morgan fingerprint density at radius 2 is 2.03 bits per heavy atom. The smallest absolute Gasteiger partial charge is 0.255 e. The molecular weight excluding hydrogens is 458 g/mol. The van der Waals surface area contributed by atoms with Crippen LogP contribution in [0.1, 0.15) is 29.8 Å². The number of nitrogens with two attached hydrogens (primary N) is 2. The highest BCUT2D eigenvalue weighted by molar-refractivity contribution is 5.80. The minimum atomic E-state index is -2.56. The van der Waals surface area contributed by atoms with E-state index in [4.69, 9.17) is 16.3 Å². The largest absolute Gasteiger partial charge is 0.339 e. The summed E-state index contributed by atoms with van der Waals surface area (Å²) >= 11 is 0. The number of fused-ring (bicyclic) bond motifs is 1. The second-order valence-corrected chi connectivity index (χ2v) is 8.49. The molecule has 1 aromatic carbocycles. The molecule has 0 spiro atoms. The van der Waals surface area contributed by atoms with E-state index in [1.54, 1.807) is 29.2 Å². The summed E-state index contributed by atoms with van der Waals surface area (Å²) in [6, 6.07) is 5.99. The monoisotopic (exact) mass is 486 g/mol. The standard InChI is InChI=1S/C23H28F2N8O2/c24-23(25)21-14-32(22(34)13-17-4-6-18(7-5-17)33(27)15-28-26)11-10-31(21)9-8-16-2-1-3-19-20(12-16)30-35-29-19/h1,3-7,12,15,21,23H,2,8-11,13-14,26-27H2/b28-15-. The van der Waals surface area contributed by atoms with Crippen LogP contribution in [0.3, 0.4) is 0 Å². The highest BCUT2D eigenvalue weighted by atomic mass is 19.3. The number of allylic oxidation sites excluding steroid dienone is 1. The van der Waals surface area contributed by atoms with Crippen LogP contribution in [0.5, 0.6) is 0 Å². The Balaban J connectivity index is 1.33. The summed E-state index contributed by atoms with van der Waals surface area (Å²) in [4.78, 5) is 16.1. The molecule has 12 heteroatoms. The van der Waals surface area contributed by atoms with Gasteiger partial charge in [0.1, 0.15) is 17.7 Å². The molecule has 2 aromatic rings. The maximum absolute atomic E-state index is 13.9. The number of hydrogen-bond donors (Lipinski definition) is 2. The van der Waals surface area contributed by atoms with Crippen molar-refractivity contribution in [1.82, 2.24) is 20.1 Å². The molecule has 0 radical (unpaired) electrons. The highest BCUT2D eigenvalue weighted by Gasteiger charge is 2.35. The van der Waals surface area contributed by atoms with Crippen LogP contribution in [0.4, 0.5) is 14.5 Å². The van der Waals surface area contributed by atoms with Gasteiger partial charge in [-0.15, -0.1) is 0 Å². The molecule has 2 heterocycles. The summed E-state index contributed by atoms with van der Waals surface area (Å²) < 4.78 is 32.6. The Bertz CT molecular complexity index is 1100. The molecule has 1 unspecified atom stereocenters. The van der Waals surface area contributed by atoms with Gasteiger partial charge in [-0.25, -0.2) is 19.3 Å². The van der Waals surface area contributed by atoms with E-state index in [2.05, 4.69) is 15.4 Å². The normalized spacial score (nSPS) is 18.6. The first kappa shape index (κ1) is 24.5. The van der Waals surface area contributed by atoms with E-state index < -0.39 is 12.5 Å². The lowest BCUT2D eigenvalue weighted by Gasteiger charge is -2.41. The van der Waals surface area contributed by atoms with Crippen molar-refractivity contribution in [3.05, 3.63) is 52.9 Å². The first-order valence-corrected chi connectivity index (χ1v) is 11.3. The van der Waals surface area contributed by atoms with E-state index >= 15 is 0 Å². The number of piperazine rings is 1. The number of aromatic nitrogens is 2. The van der Waals surface area contributed by atoms with Gasteiger partial charge in [-0.3, -0.25) is 14.7 Å². The number of benzene rings is 1. The summed E-state index contributed by atoms with van der Waals surface area (Å²) in [6.07, 6.45) is 5.86. The maximum atomic E-state index is 13.9. The Morgan fingerprint density at radius 3 is 2.77 bits per heavy atom. The molecule has 2 aliphatic rings. The van der Waals surface area contributed by atoms with Gasteiger partial charge in [0.2, 0.25) is 5.91 Å². The predicted molar refractivity (Wildman–Crippen MR) is 128 cm³/mol. The van der Waals surface area contributed by atoms with Gasteiger partial charge >= 0.3 is 0 Å². The summed E-state index contributed by atoms with van der Waals surface area (Å²) in [5.41, 5.74) is 3.80. The molecule has 35 heavy (non-hydrogen) atoms. The van der Waals surface area contributed by atoms with Gasteiger partial charge < -0.3 is 10.7 Å². The molecule has 4 N–H and O–H groups in total. The summed E-state index contributed by atoms with van der Waals surface area (Å²) in [5.74, 6) is 10.7. The summed E-state index contributed by atoms with van der Waals surface area (Å²) in [5, 5.41) is 12.3. The minimum Gasteiger partial charge on any atom is -0.339 e. The van der Waals surface area contributed by atoms with E-state index in [-0.39, 0.29) is 18.9 Å². The van der Waals surface area contributed by atoms with E-state index in [9.17, 15) is 13.6 Å². The van der Waals surface area contributed by atoms with Crippen LogP contribution in [0.25, 0.3) is 12.2 Å². The lowest BCUT2D eigenvalue weighted by molar-refractivity contribution is -0.135. The van der Waals surface area contributed by atoms with E-state index in [0.29, 0.717) is 49.6 Å². The van der Waals surface area contributed by atoms with Crippen LogP contribution in [0.15, 0.2) is 45.6 Å². The van der Waals surface area contributed by atoms with Crippen LogP contribution in [0, 0.1) is 0 Å². The molecule has 1 fully saturated rings. The van der Waals surface area contributed by atoms with Gasteiger partial charge in [0.25, 0.3) is 6.43 Å². The number of hydrazine groups is 1. The molecule has 1 saturated heterocycles. The second kappa shape index (κ2) is 11.2. The fraction of sp³-hybridized carbons (Fsp3) is 0.391. The Morgan fingerprint density at radius 1 is 1.26 bits per heavy atom. The molecule has 1 amide bonds. The maximum Gasteiger partial charge on any atom is 0.255 e. The van der Waals surface area contributed by atoms with E-state index in [0.717, 1.165) is 11.1 Å². The van der Waals surface area contributed by atoms with Gasteiger partial charge in [-0.05, 0) is 53.0 Å². The van der Waals surface area contributed by atoms with Crippen LogP contribution < -0.4 is 16.7 Å². The van der Waals surface area contributed by atoms with Crippen LogP contribution in [-0.4, -0.2) is 71.0 Å². The van der Waals surface area contributed by atoms with Crippen molar-refractivity contribution in [3.63, 3.8) is 0 Å². The average molecular weight is 487 g/mol. The molecule has 4 rings (SSSR count). The zero-order valence-electron chi connectivity index (χ0n) is 19.1. The number of halogens is 2. The van der Waals surface area contributed by atoms with Gasteiger partial charge in [-0.2, -0.15) is 5.10 Å². The van der Waals surface area contributed by atoms with Crippen LogP contribution in [0.2, 0.25) is 0 Å². The fourth-order valence-electron chi connectivity index (χ4n) is 4.26. The van der Waals surface area contributed by atoms with Gasteiger partial charge in [-0.1, -0.05) is 23.8 Å². The third-order valence-corrected chi connectivity index (χ3v) is 6.22. The number of alkyl halides is 2. The summed E-state index contributed by atoms with van der Waals surface area (Å²) in [7, 11) is 0. The molecule has 186 valence electrons. The molecule has 0 saturated carbocycles. The van der Waals surface area contributed by atoms with E-state index in [1.165, 1.54) is 16.2 Å². The number of carbonyl (C=O) groups excluding carboxylic acids is 1. The van der Waals surface area contributed by atoms with Crippen molar-refractivity contribution >= 4 is 30.1 Å². The predicted octanol–water partition coefficient (Wildman–Crippen LogP) is 1.86. The molecule has 1 atom stereocenters. The Labute approximate surface area is 201 Å². The van der Waals surface area contributed by atoms with Crippen LogP contribution in [-0.2, 0) is 11.2 Å². The second-order valence-electron chi connectivity index (χ2n) is 8.49. The van der Waals surface area contributed by atoms with Crippen molar-refractivity contribution in [3.8, 4) is 0 Å². The number of hydrogen-bond acceptors (Lipinski definition) is 8. The quantitative estimate of drug-likeness (QED) is 0.250. The number of nitrogens with zero attached hydrogens (tertiary/aromatic N) is 6. The van der Waals surface area contributed by atoms with Crippen molar-refractivity contribution in [1.29, 1.82) is 0 Å².